The first-order valence-corrected chi connectivity index (χ1v) is 24.1. The molecule has 2 saturated heterocycles. The Morgan fingerprint density at radius 3 is 1.52 bits per heavy atom. The third-order valence-corrected chi connectivity index (χ3v) is 11.4. The summed E-state index contributed by atoms with van der Waals surface area (Å²) in [5.41, 5.74) is 0. The van der Waals surface area contributed by atoms with Crippen molar-refractivity contribution < 1.29 is 73.8 Å². The van der Waals surface area contributed by atoms with Gasteiger partial charge in [0.25, 0.3) is 0 Å². The van der Waals surface area contributed by atoms with Gasteiger partial charge in [-0.2, -0.15) is 0 Å². The van der Waals surface area contributed by atoms with E-state index in [9.17, 15) is 45.3 Å². The molecule has 0 aromatic rings. The van der Waals surface area contributed by atoms with Crippen LogP contribution < -0.4 is 0 Å². The molecule has 2 aliphatic rings. The second kappa shape index (κ2) is 35.9. The maximum Gasteiger partial charge on any atom is 0.306 e. The molecule has 0 saturated carbocycles. The number of aliphatic hydroxyl groups excluding tert-OH is 7. The molecule has 63 heavy (non-hydrogen) atoms. The fourth-order valence-corrected chi connectivity index (χ4v) is 7.34. The smallest absolute Gasteiger partial charge is 0.306 e. The molecule has 0 aromatic heterocycles. The second-order valence-electron chi connectivity index (χ2n) is 16.9. The molecule has 0 spiro atoms. The number of aliphatic hydroxyl groups is 7. The third-order valence-electron chi connectivity index (χ3n) is 11.4. The van der Waals surface area contributed by atoms with Crippen LogP contribution >= 0.6 is 0 Å². The average Bonchev–Trinajstić information content (AvgIpc) is 3.28. The highest BCUT2D eigenvalue weighted by Gasteiger charge is 2.47. The summed E-state index contributed by atoms with van der Waals surface area (Å²) in [5.74, 6) is -0.952. The van der Waals surface area contributed by atoms with Crippen LogP contribution in [0.2, 0.25) is 0 Å². The molecule has 7 N–H and O–H groups in total. The minimum Gasteiger partial charge on any atom is -0.462 e. The molecule has 0 amide bonds. The van der Waals surface area contributed by atoms with Crippen molar-refractivity contribution in [3.63, 3.8) is 0 Å². The van der Waals surface area contributed by atoms with E-state index < -0.39 is 92.7 Å². The van der Waals surface area contributed by atoms with Gasteiger partial charge < -0.3 is 64.2 Å². The quantitative estimate of drug-likeness (QED) is 0.0225. The molecular formula is C48H84O15. The molecule has 2 rings (SSSR count). The maximum atomic E-state index is 12.9. The summed E-state index contributed by atoms with van der Waals surface area (Å²) < 4.78 is 33.4. The summed E-state index contributed by atoms with van der Waals surface area (Å²) in [7, 11) is 0. The summed E-state index contributed by atoms with van der Waals surface area (Å²) in [6.45, 7) is 2.50. The summed E-state index contributed by atoms with van der Waals surface area (Å²) in [5, 5.41) is 71.9. The highest BCUT2D eigenvalue weighted by Crippen LogP contribution is 2.26. The van der Waals surface area contributed by atoms with Crippen LogP contribution in [0.1, 0.15) is 162 Å². The molecule has 0 aliphatic carbocycles. The number of allylic oxidation sites excluding steroid dienone is 6. The van der Waals surface area contributed by atoms with E-state index in [0.717, 1.165) is 64.2 Å². The average molecular weight is 901 g/mol. The Morgan fingerprint density at radius 2 is 0.952 bits per heavy atom. The van der Waals surface area contributed by atoms with Gasteiger partial charge in [-0.1, -0.05) is 134 Å². The van der Waals surface area contributed by atoms with Gasteiger partial charge in [0.15, 0.2) is 18.7 Å². The van der Waals surface area contributed by atoms with Crippen molar-refractivity contribution in [2.24, 2.45) is 0 Å². The van der Waals surface area contributed by atoms with E-state index in [4.69, 9.17) is 28.4 Å². The van der Waals surface area contributed by atoms with Gasteiger partial charge >= 0.3 is 11.9 Å². The van der Waals surface area contributed by atoms with E-state index >= 15 is 0 Å². The van der Waals surface area contributed by atoms with E-state index in [1.165, 1.54) is 57.8 Å². The lowest BCUT2D eigenvalue weighted by Crippen LogP contribution is -2.61. The highest BCUT2D eigenvalue weighted by atomic mass is 16.7. The molecule has 15 nitrogen and oxygen atoms in total. The van der Waals surface area contributed by atoms with Crippen LogP contribution in [-0.4, -0.2) is 142 Å². The SMILES string of the molecule is CCCCC/C=C/C/C=C/C/C=C/CCCCCCC(=O)OC[C@H](CO[C@H]1O[C@@H](CO[C@H]2O[C@@H](CO)[C@@H](O)C(O)C2O)[C@@H](O)C(O)C1O)OC(=O)CCCCCCCCCCCC. The third kappa shape index (κ3) is 24.7. The van der Waals surface area contributed by atoms with E-state index in [1.807, 2.05) is 0 Å². The molecule has 4 unspecified atom stereocenters. The second-order valence-corrected chi connectivity index (χ2v) is 16.9. The molecule has 2 heterocycles. The molecule has 11 atom stereocenters. The lowest BCUT2D eigenvalue weighted by atomic mass is 9.98. The summed E-state index contributed by atoms with van der Waals surface area (Å²) in [4.78, 5) is 25.6. The predicted molar refractivity (Wildman–Crippen MR) is 238 cm³/mol. The number of hydrogen-bond acceptors (Lipinski definition) is 15. The van der Waals surface area contributed by atoms with E-state index in [0.29, 0.717) is 12.8 Å². The minimum atomic E-state index is -1.77. The van der Waals surface area contributed by atoms with E-state index in [-0.39, 0.29) is 26.1 Å². The Bertz CT molecular complexity index is 1240. The zero-order chi connectivity index (χ0) is 46.1. The summed E-state index contributed by atoms with van der Waals surface area (Å²) in [6, 6.07) is 0. The summed E-state index contributed by atoms with van der Waals surface area (Å²) in [6.07, 6.45) is 19.0. The zero-order valence-corrected chi connectivity index (χ0v) is 38.3. The molecule has 0 aromatic carbocycles. The fourth-order valence-electron chi connectivity index (χ4n) is 7.34. The Hall–Kier alpha value is -2.28. The molecule has 0 radical (unpaired) electrons. The Labute approximate surface area is 376 Å². The lowest BCUT2D eigenvalue weighted by Gasteiger charge is -2.42. The van der Waals surface area contributed by atoms with Crippen LogP contribution in [0.15, 0.2) is 36.5 Å². The van der Waals surface area contributed by atoms with Crippen LogP contribution in [0.25, 0.3) is 0 Å². The fraction of sp³-hybridized carbons (Fsp3) is 0.833. The number of rotatable bonds is 36. The van der Waals surface area contributed by atoms with E-state index in [1.54, 1.807) is 0 Å². The van der Waals surface area contributed by atoms with Gasteiger partial charge in [-0.15, -0.1) is 0 Å². The molecule has 0 bridgehead atoms. The van der Waals surface area contributed by atoms with Crippen LogP contribution in [0.4, 0.5) is 0 Å². The first kappa shape index (κ1) is 56.8. The Kier molecular flexibility index (Phi) is 32.4. The van der Waals surface area contributed by atoms with Crippen molar-refractivity contribution >= 4 is 11.9 Å². The largest absolute Gasteiger partial charge is 0.462 e. The standard InChI is InChI=1S/C48H84O15/c1-3-5-7-9-11-13-15-16-17-18-19-20-21-23-24-26-28-30-39(50)58-33-36(61-40(51)31-29-27-25-22-14-12-10-8-6-4-2)34-59-47-46(57)44(55)42(53)38(63-47)35-60-48-45(56)43(54)41(52)37(32-49)62-48/h11,13,16-17,19-20,36-38,41-49,52-57H,3-10,12,14-15,18,21-35H2,1-2H3/b13-11+,17-16+,20-19+/t36-,37+,38+,41-,42-,43?,44?,45?,46?,47+,48+/m1/s1. The monoisotopic (exact) mass is 901 g/mol. The number of carbonyl (C=O) groups is 2. The Balaban J connectivity index is 1.83. The minimum absolute atomic E-state index is 0.161. The Morgan fingerprint density at radius 1 is 0.508 bits per heavy atom. The van der Waals surface area contributed by atoms with Crippen molar-refractivity contribution in [3.8, 4) is 0 Å². The van der Waals surface area contributed by atoms with Gasteiger partial charge in [0.05, 0.1) is 19.8 Å². The molecule has 15 heteroatoms. The number of carbonyl (C=O) groups excluding carboxylic acids is 2. The van der Waals surface area contributed by atoms with Gasteiger partial charge in [-0.3, -0.25) is 9.59 Å². The molecule has 2 fully saturated rings. The van der Waals surface area contributed by atoms with Crippen molar-refractivity contribution in [1.29, 1.82) is 0 Å². The first-order chi connectivity index (χ1) is 30.5. The zero-order valence-electron chi connectivity index (χ0n) is 38.3. The first-order valence-electron chi connectivity index (χ1n) is 24.1. The highest BCUT2D eigenvalue weighted by molar-refractivity contribution is 5.70. The van der Waals surface area contributed by atoms with Crippen molar-refractivity contribution in [2.75, 3.05) is 26.4 Å². The summed E-state index contributed by atoms with van der Waals surface area (Å²) >= 11 is 0. The van der Waals surface area contributed by atoms with Crippen LogP contribution in [0.5, 0.6) is 0 Å². The van der Waals surface area contributed by atoms with Gasteiger partial charge in [0.1, 0.15) is 55.4 Å². The van der Waals surface area contributed by atoms with Crippen molar-refractivity contribution in [1.82, 2.24) is 0 Å². The number of ether oxygens (including phenoxy) is 6. The normalized spacial score (nSPS) is 27.1. The molecule has 366 valence electrons. The van der Waals surface area contributed by atoms with Crippen molar-refractivity contribution in [2.45, 2.75) is 229 Å². The van der Waals surface area contributed by atoms with Gasteiger partial charge in [0.2, 0.25) is 0 Å². The van der Waals surface area contributed by atoms with Gasteiger partial charge in [-0.05, 0) is 51.4 Å². The van der Waals surface area contributed by atoms with Crippen LogP contribution in [0.3, 0.4) is 0 Å². The number of hydrogen-bond donors (Lipinski definition) is 7. The number of unbranched alkanes of at least 4 members (excludes halogenated alkanes) is 16. The molecular weight excluding hydrogens is 817 g/mol. The lowest BCUT2D eigenvalue weighted by molar-refractivity contribution is -0.332. The number of esters is 2. The van der Waals surface area contributed by atoms with Crippen LogP contribution in [0, 0.1) is 0 Å². The van der Waals surface area contributed by atoms with Crippen molar-refractivity contribution in [3.05, 3.63) is 36.5 Å². The van der Waals surface area contributed by atoms with E-state index in [2.05, 4.69) is 50.3 Å². The van der Waals surface area contributed by atoms with Crippen LogP contribution in [-0.2, 0) is 38.0 Å². The predicted octanol–water partition coefficient (Wildman–Crippen LogP) is 5.76. The molecule has 2 aliphatic heterocycles. The topological polar surface area (TPSA) is 231 Å². The maximum absolute atomic E-state index is 12.9. The van der Waals surface area contributed by atoms with Gasteiger partial charge in [0, 0.05) is 12.8 Å². The van der Waals surface area contributed by atoms with Gasteiger partial charge in [-0.25, -0.2) is 0 Å².